The van der Waals surface area contributed by atoms with Gasteiger partial charge >= 0.3 is 0 Å². The molecule has 102 valence electrons. The number of pyridine rings is 1. The zero-order valence-corrected chi connectivity index (χ0v) is 12.2. The topological polar surface area (TPSA) is 63.6 Å². The standard InChI is InChI=1S/C14H15N5S/c1-9-13(20-10(2)19-9)4-6-17-14-11-7-15-8-18-12(11)3-5-16-14/h3,5,7-8H,4,6H2,1-2H3,(H,16,17). The van der Waals surface area contributed by atoms with Gasteiger partial charge in [0, 0.05) is 30.2 Å². The summed E-state index contributed by atoms with van der Waals surface area (Å²) in [4.78, 5) is 18.4. The monoisotopic (exact) mass is 285 g/mol. The van der Waals surface area contributed by atoms with Gasteiger partial charge in [-0.15, -0.1) is 11.3 Å². The van der Waals surface area contributed by atoms with E-state index in [1.165, 1.54) is 4.88 Å². The maximum atomic E-state index is 4.44. The van der Waals surface area contributed by atoms with Gasteiger partial charge in [-0.25, -0.2) is 19.9 Å². The third kappa shape index (κ3) is 2.60. The summed E-state index contributed by atoms with van der Waals surface area (Å²) in [5.41, 5.74) is 2.03. The van der Waals surface area contributed by atoms with Gasteiger partial charge in [-0.2, -0.15) is 0 Å². The lowest BCUT2D eigenvalue weighted by atomic mass is 10.2. The van der Waals surface area contributed by atoms with E-state index in [0.717, 1.165) is 40.4 Å². The summed E-state index contributed by atoms with van der Waals surface area (Å²) in [6, 6.07) is 1.89. The van der Waals surface area contributed by atoms with Crippen molar-refractivity contribution in [1.82, 2.24) is 19.9 Å². The zero-order chi connectivity index (χ0) is 13.9. The molecule has 0 radical (unpaired) electrons. The van der Waals surface area contributed by atoms with Gasteiger partial charge in [0.05, 0.1) is 21.6 Å². The maximum Gasteiger partial charge on any atom is 0.136 e. The first kappa shape index (κ1) is 12.9. The van der Waals surface area contributed by atoms with Crippen LogP contribution >= 0.6 is 11.3 Å². The second-order valence-electron chi connectivity index (χ2n) is 4.53. The fourth-order valence-electron chi connectivity index (χ4n) is 2.15. The van der Waals surface area contributed by atoms with Crippen molar-refractivity contribution < 1.29 is 0 Å². The third-order valence-corrected chi connectivity index (χ3v) is 4.21. The smallest absolute Gasteiger partial charge is 0.136 e. The number of nitrogens with one attached hydrogen (secondary N) is 1. The van der Waals surface area contributed by atoms with Crippen molar-refractivity contribution in [2.45, 2.75) is 20.3 Å². The molecule has 20 heavy (non-hydrogen) atoms. The number of fused-ring (bicyclic) bond motifs is 1. The van der Waals surface area contributed by atoms with Gasteiger partial charge < -0.3 is 5.32 Å². The molecule has 0 unspecified atom stereocenters. The second-order valence-corrected chi connectivity index (χ2v) is 5.82. The number of aryl methyl sites for hydroxylation is 2. The Bertz CT molecular complexity index is 732. The Labute approximate surface area is 121 Å². The van der Waals surface area contributed by atoms with Crippen LogP contribution in [-0.2, 0) is 6.42 Å². The molecule has 0 aliphatic rings. The van der Waals surface area contributed by atoms with E-state index in [9.17, 15) is 0 Å². The van der Waals surface area contributed by atoms with E-state index in [2.05, 4.69) is 32.2 Å². The van der Waals surface area contributed by atoms with E-state index >= 15 is 0 Å². The van der Waals surface area contributed by atoms with E-state index in [4.69, 9.17) is 0 Å². The quantitative estimate of drug-likeness (QED) is 0.798. The molecule has 3 aromatic rings. The van der Waals surface area contributed by atoms with Crippen LogP contribution in [0.1, 0.15) is 15.6 Å². The minimum atomic E-state index is 0.823. The molecule has 3 rings (SSSR count). The summed E-state index contributed by atoms with van der Waals surface area (Å²) in [5.74, 6) is 0.835. The first-order valence-electron chi connectivity index (χ1n) is 6.45. The van der Waals surface area contributed by atoms with Crippen molar-refractivity contribution >= 4 is 28.1 Å². The molecule has 0 fully saturated rings. The fourth-order valence-corrected chi connectivity index (χ4v) is 3.08. The van der Waals surface area contributed by atoms with E-state index in [-0.39, 0.29) is 0 Å². The molecule has 0 bridgehead atoms. The fraction of sp³-hybridized carbons (Fsp3) is 0.286. The number of nitrogens with zero attached hydrogens (tertiary/aromatic N) is 4. The molecule has 0 spiro atoms. The predicted octanol–water partition coefficient (Wildman–Crippen LogP) is 2.75. The van der Waals surface area contributed by atoms with E-state index in [1.807, 2.05) is 13.0 Å². The molecule has 0 aromatic carbocycles. The van der Waals surface area contributed by atoms with E-state index < -0.39 is 0 Å². The molecule has 6 heteroatoms. The molecule has 0 amide bonds. The molecule has 3 heterocycles. The third-order valence-electron chi connectivity index (χ3n) is 3.08. The largest absolute Gasteiger partial charge is 0.369 e. The normalized spacial score (nSPS) is 10.9. The molecule has 0 atom stereocenters. The van der Waals surface area contributed by atoms with Gasteiger partial charge in [-0.3, -0.25) is 0 Å². The molecular formula is C14H15N5S. The van der Waals surface area contributed by atoms with Gasteiger partial charge in [0.15, 0.2) is 0 Å². The average molecular weight is 285 g/mol. The van der Waals surface area contributed by atoms with Crippen LogP contribution in [0.3, 0.4) is 0 Å². The first-order valence-corrected chi connectivity index (χ1v) is 7.27. The number of hydrogen-bond donors (Lipinski definition) is 1. The lowest BCUT2D eigenvalue weighted by molar-refractivity contribution is 1.01. The Balaban J connectivity index is 1.73. The number of hydrogen-bond acceptors (Lipinski definition) is 6. The van der Waals surface area contributed by atoms with Crippen molar-refractivity contribution in [3.8, 4) is 0 Å². The maximum absolute atomic E-state index is 4.44. The van der Waals surface area contributed by atoms with Crippen LogP contribution in [0.15, 0.2) is 24.8 Å². The molecule has 5 nitrogen and oxygen atoms in total. The number of thiazole rings is 1. The summed E-state index contributed by atoms with van der Waals surface area (Å²) < 4.78 is 0. The summed E-state index contributed by atoms with van der Waals surface area (Å²) in [6.45, 7) is 4.92. The molecule has 0 saturated heterocycles. The Hall–Kier alpha value is -2.08. The lowest BCUT2D eigenvalue weighted by Crippen LogP contribution is -2.06. The molecule has 1 N–H and O–H groups in total. The van der Waals surface area contributed by atoms with Crippen LogP contribution in [0.5, 0.6) is 0 Å². The highest BCUT2D eigenvalue weighted by atomic mass is 32.1. The Morgan fingerprint density at radius 2 is 2.15 bits per heavy atom. The van der Waals surface area contributed by atoms with E-state index in [1.54, 1.807) is 30.1 Å². The van der Waals surface area contributed by atoms with Crippen molar-refractivity contribution in [3.63, 3.8) is 0 Å². The summed E-state index contributed by atoms with van der Waals surface area (Å²) in [6.07, 6.45) is 6.05. The molecule has 0 aliphatic carbocycles. The Kier molecular flexibility index (Phi) is 3.56. The Morgan fingerprint density at radius 3 is 2.95 bits per heavy atom. The summed E-state index contributed by atoms with van der Waals surface area (Å²) in [5, 5.41) is 5.43. The minimum absolute atomic E-state index is 0.823. The van der Waals surface area contributed by atoms with Crippen molar-refractivity contribution in [2.75, 3.05) is 11.9 Å². The van der Waals surface area contributed by atoms with Gasteiger partial charge in [-0.1, -0.05) is 0 Å². The average Bonchev–Trinajstić information content (AvgIpc) is 2.77. The van der Waals surface area contributed by atoms with Crippen LogP contribution < -0.4 is 5.32 Å². The number of aromatic nitrogens is 4. The number of anilines is 1. The van der Waals surface area contributed by atoms with Gasteiger partial charge in [0.25, 0.3) is 0 Å². The van der Waals surface area contributed by atoms with Gasteiger partial charge in [-0.05, 0) is 19.9 Å². The van der Waals surface area contributed by atoms with Crippen molar-refractivity contribution in [2.24, 2.45) is 0 Å². The summed E-state index contributed by atoms with van der Waals surface area (Å²) in [7, 11) is 0. The highest BCUT2D eigenvalue weighted by Crippen LogP contribution is 2.20. The number of rotatable bonds is 4. The van der Waals surface area contributed by atoms with Crippen LogP contribution in [0.25, 0.3) is 10.9 Å². The lowest BCUT2D eigenvalue weighted by Gasteiger charge is -2.07. The highest BCUT2D eigenvalue weighted by molar-refractivity contribution is 7.11. The van der Waals surface area contributed by atoms with Crippen LogP contribution in [0, 0.1) is 13.8 Å². The van der Waals surface area contributed by atoms with Crippen LogP contribution in [-0.4, -0.2) is 26.5 Å². The second kappa shape index (κ2) is 5.50. The van der Waals surface area contributed by atoms with Crippen LogP contribution in [0.2, 0.25) is 0 Å². The predicted molar refractivity (Wildman–Crippen MR) is 81.1 cm³/mol. The molecule has 3 aromatic heterocycles. The van der Waals surface area contributed by atoms with Crippen LogP contribution in [0.4, 0.5) is 5.82 Å². The molecule has 0 saturated carbocycles. The van der Waals surface area contributed by atoms with Gasteiger partial charge in [0.2, 0.25) is 0 Å². The molecule has 0 aliphatic heterocycles. The van der Waals surface area contributed by atoms with Gasteiger partial charge in [0.1, 0.15) is 12.1 Å². The highest BCUT2D eigenvalue weighted by Gasteiger charge is 2.06. The zero-order valence-electron chi connectivity index (χ0n) is 11.4. The minimum Gasteiger partial charge on any atom is -0.369 e. The SMILES string of the molecule is Cc1nc(C)c(CCNc2nccc3ncncc23)s1. The van der Waals surface area contributed by atoms with Crippen molar-refractivity contribution in [1.29, 1.82) is 0 Å². The molecular weight excluding hydrogens is 270 g/mol. The first-order chi connectivity index (χ1) is 9.74. The van der Waals surface area contributed by atoms with Crippen molar-refractivity contribution in [3.05, 3.63) is 40.4 Å². The summed E-state index contributed by atoms with van der Waals surface area (Å²) >= 11 is 1.76. The Morgan fingerprint density at radius 1 is 1.25 bits per heavy atom. The van der Waals surface area contributed by atoms with E-state index in [0.29, 0.717) is 0 Å².